The summed E-state index contributed by atoms with van der Waals surface area (Å²) in [5, 5.41) is 0. The molecule has 20 heavy (non-hydrogen) atoms. The largest absolute Gasteiger partial charge is 0.329 e. The number of nitrogens with zero attached hydrogens (tertiary/aromatic N) is 1. The Kier molecular flexibility index (Phi) is 5.71. The first-order valence-electron chi connectivity index (χ1n) is 8.48. The molecule has 1 aliphatic carbocycles. The van der Waals surface area contributed by atoms with Gasteiger partial charge in [0.25, 0.3) is 0 Å². The van der Waals surface area contributed by atoms with Gasteiger partial charge < -0.3 is 5.73 Å². The summed E-state index contributed by atoms with van der Waals surface area (Å²) < 4.78 is 0. The van der Waals surface area contributed by atoms with Gasteiger partial charge in [-0.15, -0.1) is 0 Å². The van der Waals surface area contributed by atoms with Crippen molar-refractivity contribution in [2.75, 3.05) is 20.1 Å². The zero-order valence-corrected chi connectivity index (χ0v) is 15.1. The molecule has 0 unspecified atom stereocenters. The van der Waals surface area contributed by atoms with E-state index in [0.717, 1.165) is 19.0 Å². The molecule has 0 atom stereocenters. The Morgan fingerprint density at radius 2 is 1.60 bits per heavy atom. The van der Waals surface area contributed by atoms with Gasteiger partial charge in [-0.1, -0.05) is 48.0 Å². The first-order chi connectivity index (χ1) is 9.06. The highest BCUT2D eigenvalue weighted by Gasteiger charge is 2.41. The lowest BCUT2D eigenvalue weighted by atomic mass is 9.65. The number of rotatable bonds is 5. The van der Waals surface area contributed by atoms with E-state index in [0.29, 0.717) is 10.8 Å². The van der Waals surface area contributed by atoms with E-state index in [9.17, 15) is 0 Å². The van der Waals surface area contributed by atoms with Crippen LogP contribution in [-0.4, -0.2) is 30.6 Å². The third kappa shape index (κ3) is 4.21. The van der Waals surface area contributed by atoms with Gasteiger partial charge in [0.2, 0.25) is 0 Å². The summed E-state index contributed by atoms with van der Waals surface area (Å²) >= 11 is 0. The second-order valence-corrected chi connectivity index (χ2v) is 8.96. The van der Waals surface area contributed by atoms with Crippen molar-refractivity contribution in [2.24, 2.45) is 22.5 Å². The normalized spacial score (nSPS) is 28.9. The van der Waals surface area contributed by atoms with Crippen LogP contribution in [0.25, 0.3) is 0 Å². The number of hydrogen-bond acceptors (Lipinski definition) is 2. The zero-order chi connectivity index (χ0) is 15.6. The van der Waals surface area contributed by atoms with Crippen LogP contribution >= 0.6 is 0 Å². The van der Waals surface area contributed by atoms with Crippen molar-refractivity contribution in [2.45, 2.75) is 79.2 Å². The Labute approximate surface area is 127 Å². The minimum Gasteiger partial charge on any atom is -0.329 e. The van der Waals surface area contributed by atoms with Gasteiger partial charge in [-0.25, -0.2) is 0 Å². The van der Waals surface area contributed by atoms with Crippen molar-refractivity contribution < 1.29 is 0 Å². The molecule has 1 saturated carbocycles. The quantitative estimate of drug-likeness (QED) is 0.815. The summed E-state index contributed by atoms with van der Waals surface area (Å²) in [6, 6.07) is 0. The lowest BCUT2D eigenvalue weighted by molar-refractivity contribution is 0.0157. The third-order valence-electron chi connectivity index (χ3n) is 5.83. The van der Waals surface area contributed by atoms with E-state index in [4.69, 9.17) is 5.73 Å². The van der Waals surface area contributed by atoms with Crippen molar-refractivity contribution in [1.29, 1.82) is 0 Å². The molecule has 0 amide bonds. The molecule has 0 bridgehead atoms. The maximum atomic E-state index is 6.20. The van der Waals surface area contributed by atoms with Crippen molar-refractivity contribution in [3.05, 3.63) is 0 Å². The lowest BCUT2D eigenvalue weighted by Gasteiger charge is -2.50. The van der Waals surface area contributed by atoms with Crippen LogP contribution < -0.4 is 5.73 Å². The van der Waals surface area contributed by atoms with Crippen LogP contribution in [-0.2, 0) is 0 Å². The minimum absolute atomic E-state index is 0.244. The van der Waals surface area contributed by atoms with E-state index >= 15 is 0 Å². The average Bonchev–Trinajstić information content (AvgIpc) is 2.36. The van der Waals surface area contributed by atoms with Gasteiger partial charge in [0, 0.05) is 18.6 Å². The van der Waals surface area contributed by atoms with Gasteiger partial charge >= 0.3 is 0 Å². The molecule has 0 aliphatic heterocycles. The fourth-order valence-electron chi connectivity index (χ4n) is 3.85. The van der Waals surface area contributed by atoms with Gasteiger partial charge in [-0.2, -0.15) is 0 Å². The minimum atomic E-state index is 0.244. The molecule has 2 nitrogen and oxygen atoms in total. The highest BCUT2D eigenvalue weighted by atomic mass is 15.2. The molecule has 0 aromatic heterocycles. The topological polar surface area (TPSA) is 29.3 Å². The first kappa shape index (κ1) is 18.0. The number of hydrogen-bond donors (Lipinski definition) is 1. The summed E-state index contributed by atoms with van der Waals surface area (Å²) in [7, 11) is 2.28. The predicted octanol–water partition coefficient (Wildman–Crippen LogP) is 4.29. The third-order valence-corrected chi connectivity index (χ3v) is 5.83. The molecule has 2 N–H and O–H groups in total. The van der Waals surface area contributed by atoms with Gasteiger partial charge in [-0.3, -0.25) is 4.90 Å². The van der Waals surface area contributed by atoms with Gasteiger partial charge in [0.05, 0.1) is 0 Å². The molecule has 2 heteroatoms. The maximum absolute atomic E-state index is 6.20. The standard InChI is InChI=1S/C18H38N2/c1-8-17(5,6)15-9-11-18(13-19,12-10-15)20(7)14-16(2,3)4/h15H,8-14,19H2,1-7H3. The van der Waals surface area contributed by atoms with Gasteiger partial charge in [0.1, 0.15) is 0 Å². The van der Waals surface area contributed by atoms with Crippen molar-refractivity contribution in [1.82, 2.24) is 4.90 Å². The smallest absolute Gasteiger partial charge is 0.0329 e. The molecule has 1 aliphatic rings. The molecule has 1 fully saturated rings. The Hall–Kier alpha value is -0.0800. The van der Waals surface area contributed by atoms with E-state index in [1.54, 1.807) is 0 Å². The van der Waals surface area contributed by atoms with Crippen LogP contribution in [0.5, 0.6) is 0 Å². The second-order valence-electron chi connectivity index (χ2n) is 8.96. The fourth-order valence-corrected chi connectivity index (χ4v) is 3.85. The van der Waals surface area contributed by atoms with E-state index < -0.39 is 0 Å². The van der Waals surface area contributed by atoms with Crippen LogP contribution in [0.3, 0.4) is 0 Å². The molecule has 0 spiro atoms. The fraction of sp³-hybridized carbons (Fsp3) is 1.00. The predicted molar refractivity (Wildman–Crippen MR) is 89.9 cm³/mol. The van der Waals surface area contributed by atoms with Crippen LogP contribution in [0.2, 0.25) is 0 Å². The monoisotopic (exact) mass is 282 g/mol. The van der Waals surface area contributed by atoms with Crippen molar-refractivity contribution >= 4 is 0 Å². The summed E-state index contributed by atoms with van der Waals surface area (Å²) in [6.07, 6.45) is 6.50. The van der Waals surface area contributed by atoms with Crippen LogP contribution in [0.1, 0.15) is 73.6 Å². The summed E-state index contributed by atoms with van der Waals surface area (Å²) in [4.78, 5) is 2.56. The summed E-state index contributed by atoms with van der Waals surface area (Å²) in [6.45, 7) is 16.1. The van der Waals surface area contributed by atoms with E-state index in [1.165, 1.54) is 32.1 Å². The second kappa shape index (κ2) is 6.36. The average molecular weight is 283 g/mol. The molecule has 0 aromatic carbocycles. The maximum Gasteiger partial charge on any atom is 0.0329 e. The molecule has 0 heterocycles. The molecule has 1 rings (SSSR count). The van der Waals surface area contributed by atoms with Crippen LogP contribution in [0.15, 0.2) is 0 Å². The van der Waals surface area contributed by atoms with Crippen molar-refractivity contribution in [3.8, 4) is 0 Å². The van der Waals surface area contributed by atoms with E-state index in [2.05, 4.69) is 53.5 Å². The molecule has 0 saturated heterocycles. The Balaban J connectivity index is 2.71. The molecule has 0 radical (unpaired) electrons. The van der Waals surface area contributed by atoms with Crippen LogP contribution in [0, 0.1) is 16.7 Å². The first-order valence-corrected chi connectivity index (χ1v) is 8.48. The lowest BCUT2D eigenvalue weighted by Crippen LogP contribution is -2.56. The Morgan fingerprint density at radius 3 is 1.95 bits per heavy atom. The molecule has 120 valence electrons. The molecular formula is C18H38N2. The summed E-state index contributed by atoms with van der Waals surface area (Å²) in [5.41, 5.74) is 7.28. The van der Waals surface area contributed by atoms with Gasteiger partial charge in [0.15, 0.2) is 0 Å². The highest BCUT2D eigenvalue weighted by Crippen LogP contribution is 2.45. The zero-order valence-electron chi connectivity index (χ0n) is 15.1. The SMILES string of the molecule is CCC(C)(C)C1CCC(CN)(N(C)CC(C)(C)C)CC1. The molecule has 0 aromatic rings. The highest BCUT2D eigenvalue weighted by molar-refractivity contribution is 4.97. The van der Waals surface area contributed by atoms with Crippen molar-refractivity contribution in [3.63, 3.8) is 0 Å². The number of likely N-dealkylation sites (N-methyl/N-ethyl adjacent to an activating group) is 1. The number of nitrogens with two attached hydrogens (primary N) is 1. The summed E-state index contributed by atoms with van der Waals surface area (Å²) in [5.74, 6) is 0.871. The Bertz CT molecular complexity index is 293. The van der Waals surface area contributed by atoms with E-state index in [1.807, 2.05) is 0 Å². The van der Waals surface area contributed by atoms with E-state index in [-0.39, 0.29) is 5.54 Å². The molecular weight excluding hydrogens is 244 g/mol. The van der Waals surface area contributed by atoms with Crippen LogP contribution in [0.4, 0.5) is 0 Å². The van der Waals surface area contributed by atoms with Gasteiger partial charge in [-0.05, 0) is 49.5 Å². The Morgan fingerprint density at radius 1 is 1.10 bits per heavy atom.